The Kier molecular flexibility index (Phi) is 9.78. The summed E-state index contributed by atoms with van der Waals surface area (Å²) in [4.78, 5) is -0.260. The van der Waals surface area contributed by atoms with Crippen LogP contribution in [0, 0.1) is 0 Å². The molecule has 2 aromatic carbocycles. The normalized spacial score (nSPS) is 13.2. The number of hydrogen-bond donors (Lipinski definition) is 0. The zero-order valence-electron chi connectivity index (χ0n) is 17.8. The molecular weight excluding hydrogens is 459 g/mol. The minimum absolute atomic E-state index is 0.0552. The first kappa shape index (κ1) is 26.7. The molecule has 0 bridgehead atoms. The van der Waals surface area contributed by atoms with Crippen LogP contribution in [0.3, 0.4) is 0 Å². The van der Waals surface area contributed by atoms with Crippen molar-refractivity contribution in [2.75, 3.05) is 27.1 Å². The molecule has 0 saturated heterocycles. The number of halogens is 7. The second-order valence-corrected chi connectivity index (χ2v) is 7.11. The van der Waals surface area contributed by atoms with Crippen molar-refractivity contribution in [3.63, 3.8) is 0 Å². The molecule has 0 unspecified atom stereocenters. The van der Waals surface area contributed by atoms with Crippen molar-refractivity contribution in [3.8, 4) is 11.5 Å². The Labute approximate surface area is 186 Å². The van der Waals surface area contributed by atoms with Crippen LogP contribution in [0.15, 0.2) is 48.5 Å². The molecule has 2 aromatic rings. The Balaban J connectivity index is 1.95. The molecule has 0 fully saturated rings. The summed E-state index contributed by atoms with van der Waals surface area (Å²) in [7, 11) is 1.32. The number of aryl methyl sites for hydroxylation is 2. The molecule has 0 spiro atoms. The summed E-state index contributed by atoms with van der Waals surface area (Å²) in [5.74, 6) is 0.161. The van der Waals surface area contributed by atoms with Crippen LogP contribution in [0.1, 0.15) is 17.5 Å². The van der Waals surface area contributed by atoms with Crippen LogP contribution in [-0.4, -0.2) is 50.7 Å². The SMILES string of the molecule is CO[C@@H](CCN(CF)C(F)(F)F)COc1ccccc1CCc1cccc(OC(F)(F)F)c1. The van der Waals surface area contributed by atoms with Crippen molar-refractivity contribution in [1.82, 2.24) is 4.90 Å². The highest BCUT2D eigenvalue weighted by Gasteiger charge is 2.37. The maximum atomic E-state index is 12.7. The molecule has 0 aliphatic carbocycles. The van der Waals surface area contributed by atoms with Crippen LogP contribution in [0.5, 0.6) is 11.5 Å². The molecule has 0 radical (unpaired) electrons. The van der Waals surface area contributed by atoms with E-state index in [1.807, 2.05) is 0 Å². The Morgan fingerprint density at radius 2 is 1.67 bits per heavy atom. The molecule has 184 valence electrons. The molecule has 0 aliphatic heterocycles. The molecule has 1 atom stereocenters. The fraction of sp³-hybridized carbons (Fsp3) is 0.455. The smallest absolute Gasteiger partial charge is 0.491 e. The minimum Gasteiger partial charge on any atom is -0.491 e. The summed E-state index contributed by atoms with van der Waals surface area (Å²) in [5.41, 5.74) is 1.38. The van der Waals surface area contributed by atoms with E-state index < -0.39 is 32.1 Å². The first-order valence-electron chi connectivity index (χ1n) is 9.97. The number of methoxy groups -OCH3 is 1. The highest BCUT2D eigenvalue weighted by atomic mass is 19.4. The van der Waals surface area contributed by atoms with E-state index in [1.165, 1.54) is 25.3 Å². The lowest BCUT2D eigenvalue weighted by molar-refractivity contribution is -0.274. The van der Waals surface area contributed by atoms with Crippen LogP contribution < -0.4 is 9.47 Å². The third-order valence-electron chi connectivity index (χ3n) is 4.77. The van der Waals surface area contributed by atoms with Gasteiger partial charge in [0, 0.05) is 13.7 Å². The van der Waals surface area contributed by atoms with Crippen molar-refractivity contribution in [1.29, 1.82) is 0 Å². The fourth-order valence-corrected chi connectivity index (χ4v) is 3.03. The highest BCUT2D eigenvalue weighted by Crippen LogP contribution is 2.26. The van der Waals surface area contributed by atoms with Gasteiger partial charge < -0.3 is 14.2 Å². The van der Waals surface area contributed by atoms with Gasteiger partial charge in [-0.1, -0.05) is 30.3 Å². The lowest BCUT2D eigenvalue weighted by Gasteiger charge is -2.24. The molecule has 0 saturated carbocycles. The first-order valence-corrected chi connectivity index (χ1v) is 9.97. The third kappa shape index (κ3) is 9.47. The quantitative estimate of drug-likeness (QED) is 0.278. The van der Waals surface area contributed by atoms with Crippen LogP contribution in [0.25, 0.3) is 0 Å². The molecule has 4 nitrogen and oxygen atoms in total. The number of benzene rings is 2. The largest absolute Gasteiger partial charge is 0.573 e. The van der Waals surface area contributed by atoms with E-state index in [2.05, 4.69) is 4.74 Å². The lowest BCUT2D eigenvalue weighted by atomic mass is 10.0. The van der Waals surface area contributed by atoms with Gasteiger partial charge in [0.15, 0.2) is 0 Å². The van der Waals surface area contributed by atoms with Gasteiger partial charge in [-0.3, -0.25) is 0 Å². The summed E-state index contributed by atoms with van der Waals surface area (Å²) in [6, 6.07) is 12.6. The summed E-state index contributed by atoms with van der Waals surface area (Å²) in [5, 5.41) is 0. The van der Waals surface area contributed by atoms with Crippen molar-refractivity contribution < 1.29 is 44.9 Å². The van der Waals surface area contributed by atoms with Crippen molar-refractivity contribution in [3.05, 3.63) is 59.7 Å². The molecule has 33 heavy (non-hydrogen) atoms. The molecule has 0 heterocycles. The number of rotatable bonds is 12. The zero-order chi connectivity index (χ0) is 24.5. The van der Waals surface area contributed by atoms with Crippen LogP contribution >= 0.6 is 0 Å². The number of hydrogen-bond acceptors (Lipinski definition) is 4. The monoisotopic (exact) mass is 483 g/mol. The van der Waals surface area contributed by atoms with Gasteiger partial charge in [-0.15, -0.1) is 13.2 Å². The van der Waals surface area contributed by atoms with Gasteiger partial charge in [0.05, 0.1) is 6.10 Å². The van der Waals surface area contributed by atoms with Crippen LogP contribution in [0.2, 0.25) is 0 Å². The summed E-state index contributed by atoms with van der Waals surface area (Å²) < 4.78 is 103. The third-order valence-corrected chi connectivity index (χ3v) is 4.77. The van der Waals surface area contributed by atoms with Gasteiger partial charge in [0.1, 0.15) is 24.9 Å². The summed E-state index contributed by atoms with van der Waals surface area (Å²) in [6.07, 6.45) is -9.52. The van der Waals surface area contributed by atoms with Crippen LogP contribution in [0.4, 0.5) is 30.7 Å². The van der Waals surface area contributed by atoms with E-state index in [-0.39, 0.29) is 23.7 Å². The standard InChI is InChI=1S/C22H24F7NO3/c1-31-19(11-12-30(15-23)21(24,25)26)14-32-20-8-3-2-6-17(20)10-9-16-5-4-7-18(13-16)33-22(27,28)29/h2-8,13,19H,9-12,14-15H2,1H3/t19-/m0/s1. The van der Waals surface area contributed by atoms with E-state index in [0.717, 1.165) is 5.56 Å². The number of alkyl halides is 7. The predicted molar refractivity (Wildman–Crippen MR) is 107 cm³/mol. The molecule has 0 amide bonds. The molecule has 0 aromatic heterocycles. The average Bonchev–Trinajstić information content (AvgIpc) is 2.73. The number of ether oxygens (including phenoxy) is 3. The van der Waals surface area contributed by atoms with E-state index in [1.54, 1.807) is 30.3 Å². The van der Waals surface area contributed by atoms with Gasteiger partial charge in [-0.2, -0.15) is 18.1 Å². The Hall–Kier alpha value is -2.53. The van der Waals surface area contributed by atoms with E-state index in [4.69, 9.17) is 9.47 Å². The Bertz CT molecular complexity index is 858. The molecule has 0 N–H and O–H groups in total. The van der Waals surface area contributed by atoms with Gasteiger partial charge in [-0.25, -0.2) is 4.39 Å². The van der Waals surface area contributed by atoms with E-state index in [0.29, 0.717) is 24.2 Å². The maximum Gasteiger partial charge on any atom is 0.573 e. The second kappa shape index (κ2) is 12.1. The topological polar surface area (TPSA) is 30.9 Å². The van der Waals surface area contributed by atoms with Crippen molar-refractivity contribution in [2.24, 2.45) is 0 Å². The Morgan fingerprint density at radius 1 is 0.939 bits per heavy atom. The number of nitrogens with zero attached hydrogens (tertiary/aromatic N) is 1. The predicted octanol–water partition coefficient (Wildman–Crippen LogP) is 5.90. The first-order chi connectivity index (χ1) is 15.5. The van der Waals surface area contributed by atoms with E-state index >= 15 is 0 Å². The molecular formula is C22H24F7NO3. The zero-order valence-corrected chi connectivity index (χ0v) is 17.8. The van der Waals surface area contributed by atoms with Crippen molar-refractivity contribution >= 4 is 0 Å². The second-order valence-electron chi connectivity index (χ2n) is 7.11. The van der Waals surface area contributed by atoms with Gasteiger partial charge in [0.25, 0.3) is 0 Å². The fourth-order valence-electron chi connectivity index (χ4n) is 3.03. The average molecular weight is 483 g/mol. The van der Waals surface area contributed by atoms with E-state index in [9.17, 15) is 30.7 Å². The van der Waals surface area contributed by atoms with Crippen molar-refractivity contribution in [2.45, 2.75) is 38.0 Å². The molecule has 0 aliphatic rings. The minimum atomic E-state index is -4.78. The lowest BCUT2D eigenvalue weighted by Crippen LogP contribution is -2.40. The van der Waals surface area contributed by atoms with Gasteiger partial charge in [0.2, 0.25) is 0 Å². The Morgan fingerprint density at radius 3 is 2.30 bits per heavy atom. The van der Waals surface area contributed by atoms with Gasteiger partial charge in [-0.05, 0) is 48.6 Å². The van der Waals surface area contributed by atoms with Crippen LogP contribution in [-0.2, 0) is 17.6 Å². The highest BCUT2D eigenvalue weighted by molar-refractivity contribution is 5.35. The van der Waals surface area contributed by atoms with Gasteiger partial charge >= 0.3 is 12.7 Å². The number of para-hydroxylation sites is 1. The molecule has 11 heteroatoms. The summed E-state index contributed by atoms with van der Waals surface area (Å²) in [6.45, 7) is -2.29. The maximum absolute atomic E-state index is 12.7. The molecule has 2 rings (SSSR count). The summed E-state index contributed by atoms with van der Waals surface area (Å²) >= 11 is 0.